The molecule has 4 heteroatoms. The Labute approximate surface area is 85.3 Å². The van der Waals surface area contributed by atoms with E-state index in [1.807, 2.05) is 6.92 Å². The van der Waals surface area contributed by atoms with Crippen LogP contribution in [0.2, 0.25) is 0 Å². The molecule has 1 aliphatic rings. The summed E-state index contributed by atoms with van der Waals surface area (Å²) >= 11 is 0. The van der Waals surface area contributed by atoms with Crippen LogP contribution in [0.4, 0.5) is 0 Å². The van der Waals surface area contributed by atoms with Gasteiger partial charge in [-0.3, -0.25) is 4.79 Å². The molecule has 0 aromatic carbocycles. The largest absolute Gasteiger partial charge is 0.480 e. The summed E-state index contributed by atoms with van der Waals surface area (Å²) in [4.78, 5) is 13.1. The minimum absolute atomic E-state index is 0.377. The van der Waals surface area contributed by atoms with E-state index < -0.39 is 5.97 Å². The van der Waals surface area contributed by atoms with Crippen molar-refractivity contribution < 1.29 is 9.90 Å². The zero-order valence-corrected chi connectivity index (χ0v) is 8.83. The highest BCUT2D eigenvalue weighted by atomic mass is 16.4. The van der Waals surface area contributed by atoms with E-state index in [0.717, 1.165) is 13.1 Å². The number of nitrogens with one attached hydrogen (secondary N) is 1. The second-order valence-corrected chi connectivity index (χ2v) is 3.80. The molecule has 1 atom stereocenters. The number of rotatable bonds is 6. The Morgan fingerprint density at radius 1 is 1.50 bits per heavy atom. The van der Waals surface area contributed by atoms with Crippen LogP contribution in [0, 0.1) is 0 Å². The number of hydrogen-bond donors (Lipinski definition) is 2. The van der Waals surface area contributed by atoms with Crippen LogP contribution in [-0.4, -0.2) is 48.2 Å². The van der Waals surface area contributed by atoms with E-state index in [9.17, 15) is 4.79 Å². The fourth-order valence-electron chi connectivity index (χ4n) is 1.81. The summed E-state index contributed by atoms with van der Waals surface area (Å²) in [6.07, 6.45) is 3.22. The van der Waals surface area contributed by atoms with Crippen LogP contribution in [0.5, 0.6) is 0 Å². The molecule has 0 aliphatic carbocycles. The van der Waals surface area contributed by atoms with Gasteiger partial charge in [-0.05, 0) is 32.4 Å². The molecule has 1 unspecified atom stereocenters. The maximum absolute atomic E-state index is 10.7. The van der Waals surface area contributed by atoms with Crippen LogP contribution in [-0.2, 0) is 4.79 Å². The SMILES string of the molecule is CCC(NCCN1CCCC1)C(=O)O. The molecule has 0 spiro atoms. The molecule has 0 radical (unpaired) electrons. The summed E-state index contributed by atoms with van der Waals surface area (Å²) in [5.41, 5.74) is 0. The Kier molecular flexibility index (Phi) is 4.90. The van der Waals surface area contributed by atoms with Crippen LogP contribution >= 0.6 is 0 Å². The first-order valence-electron chi connectivity index (χ1n) is 5.42. The molecule has 0 saturated carbocycles. The summed E-state index contributed by atoms with van der Waals surface area (Å²) < 4.78 is 0. The smallest absolute Gasteiger partial charge is 0.320 e. The summed E-state index contributed by atoms with van der Waals surface area (Å²) in [6.45, 7) is 5.99. The normalized spacial score (nSPS) is 19.8. The molecule has 1 aliphatic heterocycles. The van der Waals surface area contributed by atoms with Crippen molar-refractivity contribution in [2.75, 3.05) is 26.2 Å². The van der Waals surface area contributed by atoms with Gasteiger partial charge in [0.15, 0.2) is 0 Å². The van der Waals surface area contributed by atoms with Gasteiger partial charge in [0.1, 0.15) is 6.04 Å². The molecular formula is C10H20N2O2. The van der Waals surface area contributed by atoms with Gasteiger partial charge >= 0.3 is 5.97 Å². The van der Waals surface area contributed by atoms with Crippen molar-refractivity contribution in [1.82, 2.24) is 10.2 Å². The average molecular weight is 200 g/mol. The average Bonchev–Trinajstić information content (AvgIpc) is 2.64. The van der Waals surface area contributed by atoms with Crippen molar-refractivity contribution in [2.45, 2.75) is 32.2 Å². The van der Waals surface area contributed by atoms with Gasteiger partial charge in [0, 0.05) is 13.1 Å². The standard InChI is InChI=1S/C10H20N2O2/c1-2-9(10(13)14)11-5-8-12-6-3-4-7-12/h9,11H,2-8H2,1H3,(H,13,14). The molecule has 0 aromatic rings. The summed E-state index contributed by atoms with van der Waals surface area (Å²) in [5.74, 6) is -0.742. The predicted octanol–water partition coefficient (Wildman–Crippen LogP) is 0.535. The zero-order chi connectivity index (χ0) is 10.4. The van der Waals surface area contributed by atoms with Gasteiger partial charge in [-0.2, -0.15) is 0 Å². The molecule has 0 bridgehead atoms. The lowest BCUT2D eigenvalue weighted by atomic mass is 10.2. The highest BCUT2D eigenvalue weighted by Crippen LogP contribution is 2.05. The lowest BCUT2D eigenvalue weighted by Gasteiger charge is -2.17. The molecule has 1 heterocycles. The van der Waals surface area contributed by atoms with E-state index >= 15 is 0 Å². The molecule has 1 fully saturated rings. The molecule has 4 nitrogen and oxygen atoms in total. The van der Waals surface area contributed by atoms with Gasteiger partial charge in [0.05, 0.1) is 0 Å². The Bertz CT molecular complexity index is 179. The van der Waals surface area contributed by atoms with Crippen LogP contribution in [0.15, 0.2) is 0 Å². The molecule has 0 amide bonds. The third kappa shape index (κ3) is 3.64. The quantitative estimate of drug-likeness (QED) is 0.657. The Morgan fingerprint density at radius 3 is 2.64 bits per heavy atom. The van der Waals surface area contributed by atoms with Crippen molar-refractivity contribution in [3.8, 4) is 0 Å². The number of hydrogen-bond acceptors (Lipinski definition) is 3. The zero-order valence-electron chi connectivity index (χ0n) is 8.83. The maximum Gasteiger partial charge on any atom is 0.320 e. The monoisotopic (exact) mass is 200 g/mol. The van der Waals surface area contributed by atoms with Crippen LogP contribution in [0.3, 0.4) is 0 Å². The number of aliphatic carboxylic acids is 1. The lowest BCUT2D eigenvalue weighted by molar-refractivity contribution is -0.139. The summed E-state index contributed by atoms with van der Waals surface area (Å²) in [7, 11) is 0. The van der Waals surface area contributed by atoms with Crippen molar-refractivity contribution in [2.24, 2.45) is 0 Å². The number of carboxylic acid groups (broad SMARTS) is 1. The maximum atomic E-state index is 10.7. The molecular weight excluding hydrogens is 180 g/mol. The van der Waals surface area contributed by atoms with Gasteiger partial charge in [0.25, 0.3) is 0 Å². The fraction of sp³-hybridized carbons (Fsp3) is 0.900. The molecule has 1 saturated heterocycles. The van der Waals surface area contributed by atoms with E-state index in [0.29, 0.717) is 6.42 Å². The van der Waals surface area contributed by atoms with Crippen molar-refractivity contribution in [1.29, 1.82) is 0 Å². The second kappa shape index (κ2) is 5.98. The fourth-order valence-corrected chi connectivity index (χ4v) is 1.81. The molecule has 14 heavy (non-hydrogen) atoms. The Morgan fingerprint density at radius 2 is 2.14 bits per heavy atom. The first kappa shape index (κ1) is 11.5. The highest BCUT2D eigenvalue weighted by molar-refractivity contribution is 5.73. The summed E-state index contributed by atoms with van der Waals surface area (Å²) in [5, 5.41) is 11.8. The second-order valence-electron chi connectivity index (χ2n) is 3.80. The number of carboxylic acids is 1. The third-order valence-corrected chi connectivity index (χ3v) is 2.72. The van der Waals surface area contributed by atoms with Gasteiger partial charge < -0.3 is 15.3 Å². The lowest BCUT2D eigenvalue weighted by Crippen LogP contribution is -2.40. The van der Waals surface area contributed by atoms with E-state index in [-0.39, 0.29) is 6.04 Å². The molecule has 2 N–H and O–H groups in total. The number of nitrogens with zero attached hydrogens (tertiary/aromatic N) is 1. The first-order valence-corrected chi connectivity index (χ1v) is 5.42. The first-order chi connectivity index (χ1) is 6.74. The van der Waals surface area contributed by atoms with Gasteiger partial charge in [-0.1, -0.05) is 6.92 Å². The van der Waals surface area contributed by atoms with Gasteiger partial charge in [-0.15, -0.1) is 0 Å². The molecule has 1 rings (SSSR count). The minimum atomic E-state index is -0.742. The number of likely N-dealkylation sites (tertiary alicyclic amines) is 1. The van der Waals surface area contributed by atoms with E-state index in [1.165, 1.54) is 25.9 Å². The molecule has 0 aromatic heterocycles. The van der Waals surface area contributed by atoms with Crippen molar-refractivity contribution in [3.63, 3.8) is 0 Å². The Hall–Kier alpha value is -0.610. The third-order valence-electron chi connectivity index (χ3n) is 2.72. The van der Waals surface area contributed by atoms with E-state index in [4.69, 9.17) is 5.11 Å². The summed E-state index contributed by atoms with van der Waals surface area (Å²) in [6, 6.07) is -0.377. The van der Waals surface area contributed by atoms with E-state index in [2.05, 4.69) is 10.2 Å². The van der Waals surface area contributed by atoms with Crippen molar-refractivity contribution >= 4 is 5.97 Å². The van der Waals surface area contributed by atoms with E-state index in [1.54, 1.807) is 0 Å². The van der Waals surface area contributed by atoms with Crippen molar-refractivity contribution in [3.05, 3.63) is 0 Å². The van der Waals surface area contributed by atoms with Gasteiger partial charge in [0.2, 0.25) is 0 Å². The highest BCUT2D eigenvalue weighted by Gasteiger charge is 2.15. The topological polar surface area (TPSA) is 52.6 Å². The molecule has 82 valence electrons. The van der Waals surface area contributed by atoms with Crippen LogP contribution < -0.4 is 5.32 Å². The van der Waals surface area contributed by atoms with Gasteiger partial charge in [-0.25, -0.2) is 0 Å². The number of carbonyl (C=O) groups is 1. The predicted molar refractivity (Wildman–Crippen MR) is 55.4 cm³/mol. The Balaban J connectivity index is 2.09. The van der Waals surface area contributed by atoms with Crippen LogP contribution in [0.25, 0.3) is 0 Å². The minimum Gasteiger partial charge on any atom is -0.480 e. The van der Waals surface area contributed by atoms with Crippen LogP contribution in [0.1, 0.15) is 26.2 Å².